The Morgan fingerprint density at radius 1 is 1.05 bits per heavy atom. The van der Waals surface area contributed by atoms with Crippen LogP contribution in [0.2, 0.25) is 5.02 Å². The van der Waals surface area contributed by atoms with E-state index in [1.165, 1.54) is 4.88 Å². The van der Waals surface area contributed by atoms with E-state index in [2.05, 4.69) is 35.0 Å². The highest BCUT2D eigenvalue weighted by Crippen LogP contribution is 2.34. The zero-order valence-electron chi connectivity index (χ0n) is 10.7. The molecule has 0 aliphatic rings. The van der Waals surface area contributed by atoms with E-state index in [1.807, 2.05) is 36.4 Å². The third-order valence-corrected chi connectivity index (χ3v) is 4.71. The largest absolute Gasteiger partial charge is 0.236 e. The Kier molecular flexibility index (Phi) is 3.92. The van der Waals surface area contributed by atoms with Crippen LogP contribution in [0.1, 0.15) is 4.88 Å². The molecule has 0 unspecified atom stereocenters. The normalized spacial score (nSPS) is 10.8. The molecule has 0 saturated heterocycles. The Labute approximate surface area is 135 Å². The molecule has 2 aromatic carbocycles. The van der Waals surface area contributed by atoms with Gasteiger partial charge in [0.05, 0.1) is 5.69 Å². The van der Waals surface area contributed by atoms with E-state index in [9.17, 15) is 0 Å². The van der Waals surface area contributed by atoms with Crippen LogP contribution in [0.3, 0.4) is 0 Å². The van der Waals surface area contributed by atoms with Crippen LogP contribution >= 0.6 is 38.9 Å². The zero-order valence-corrected chi connectivity index (χ0v) is 13.9. The summed E-state index contributed by atoms with van der Waals surface area (Å²) in [5.41, 5.74) is 3.22. The van der Waals surface area contributed by atoms with Gasteiger partial charge in [-0.1, -0.05) is 51.8 Å². The average Bonchev–Trinajstić information content (AvgIpc) is 2.81. The van der Waals surface area contributed by atoms with Crippen molar-refractivity contribution in [3.05, 3.63) is 62.9 Å². The fraction of sp³-hybridized carbons (Fsp3) is 0.0625. The first-order valence-electron chi connectivity index (χ1n) is 6.13. The highest BCUT2D eigenvalue weighted by atomic mass is 79.9. The van der Waals surface area contributed by atoms with Gasteiger partial charge in [0.15, 0.2) is 0 Å². The van der Waals surface area contributed by atoms with Gasteiger partial charge >= 0.3 is 0 Å². The minimum Gasteiger partial charge on any atom is -0.236 e. The molecule has 20 heavy (non-hydrogen) atoms. The Balaban J connectivity index is 2.08. The predicted molar refractivity (Wildman–Crippen MR) is 90.4 cm³/mol. The molecule has 0 aliphatic heterocycles. The van der Waals surface area contributed by atoms with Crippen LogP contribution in [0.4, 0.5) is 0 Å². The van der Waals surface area contributed by atoms with Gasteiger partial charge in [0.1, 0.15) is 5.01 Å². The van der Waals surface area contributed by atoms with Gasteiger partial charge in [-0.2, -0.15) is 0 Å². The molecule has 0 N–H and O–H groups in total. The second-order valence-corrected chi connectivity index (χ2v) is 7.00. The molecule has 4 heteroatoms. The Morgan fingerprint density at radius 2 is 1.80 bits per heavy atom. The van der Waals surface area contributed by atoms with Crippen molar-refractivity contribution in [2.45, 2.75) is 6.92 Å². The summed E-state index contributed by atoms with van der Waals surface area (Å²) < 4.78 is 1.06. The fourth-order valence-corrected chi connectivity index (χ4v) is 3.57. The number of aryl methyl sites for hydroxylation is 1. The van der Waals surface area contributed by atoms with E-state index in [0.29, 0.717) is 0 Å². The van der Waals surface area contributed by atoms with Crippen molar-refractivity contribution in [3.8, 4) is 21.8 Å². The lowest BCUT2D eigenvalue weighted by atomic mass is 10.1. The molecule has 3 rings (SSSR count). The molecule has 0 bridgehead atoms. The Morgan fingerprint density at radius 3 is 2.55 bits per heavy atom. The van der Waals surface area contributed by atoms with Crippen LogP contribution in [0.25, 0.3) is 21.8 Å². The van der Waals surface area contributed by atoms with Gasteiger partial charge in [0.2, 0.25) is 0 Å². The van der Waals surface area contributed by atoms with Crippen molar-refractivity contribution < 1.29 is 0 Å². The van der Waals surface area contributed by atoms with Gasteiger partial charge in [0.25, 0.3) is 0 Å². The van der Waals surface area contributed by atoms with Crippen LogP contribution in [-0.4, -0.2) is 4.98 Å². The van der Waals surface area contributed by atoms with E-state index >= 15 is 0 Å². The molecule has 0 fully saturated rings. The maximum absolute atomic E-state index is 6.05. The average molecular weight is 365 g/mol. The van der Waals surface area contributed by atoms with Crippen molar-refractivity contribution in [2.75, 3.05) is 0 Å². The number of hydrogen-bond acceptors (Lipinski definition) is 2. The molecule has 1 nitrogen and oxygen atoms in total. The zero-order chi connectivity index (χ0) is 14.1. The summed E-state index contributed by atoms with van der Waals surface area (Å²) in [5, 5.41) is 1.74. The number of nitrogens with zero attached hydrogens (tertiary/aromatic N) is 1. The first kappa shape index (κ1) is 13.8. The summed E-state index contributed by atoms with van der Waals surface area (Å²) in [6.07, 6.45) is 0. The van der Waals surface area contributed by atoms with Crippen LogP contribution < -0.4 is 0 Å². The summed E-state index contributed by atoms with van der Waals surface area (Å²) >= 11 is 11.2. The van der Waals surface area contributed by atoms with E-state index in [4.69, 9.17) is 16.6 Å². The second-order valence-electron chi connectivity index (χ2n) is 4.44. The lowest BCUT2D eigenvalue weighted by Gasteiger charge is -1.99. The molecule has 0 amide bonds. The van der Waals surface area contributed by atoms with Crippen LogP contribution in [0, 0.1) is 6.92 Å². The monoisotopic (exact) mass is 363 g/mol. The molecule has 3 aromatic rings. The predicted octanol–water partition coefficient (Wildman–Crippen LogP) is 6.20. The highest BCUT2D eigenvalue weighted by molar-refractivity contribution is 9.10. The maximum Gasteiger partial charge on any atom is 0.124 e. The smallest absolute Gasteiger partial charge is 0.124 e. The summed E-state index contributed by atoms with van der Waals surface area (Å²) in [6, 6.07) is 16.0. The summed E-state index contributed by atoms with van der Waals surface area (Å²) in [5.74, 6) is 0. The lowest BCUT2D eigenvalue weighted by Crippen LogP contribution is -1.81. The lowest BCUT2D eigenvalue weighted by molar-refractivity contribution is 1.37. The molecule has 0 atom stereocenters. The summed E-state index contributed by atoms with van der Waals surface area (Å²) in [4.78, 5) is 5.98. The number of halogens is 2. The maximum atomic E-state index is 6.05. The van der Waals surface area contributed by atoms with Crippen LogP contribution in [0.5, 0.6) is 0 Å². The van der Waals surface area contributed by atoms with Gasteiger partial charge in [-0.15, -0.1) is 11.3 Å². The molecule has 1 aromatic heterocycles. The van der Waals surface area contributed by atoms with Crippen molar-refractivity contribution >= 4 is 38.9 Å². The molecule has 100 valence electrons. The quantitative estimate of drug-likeness (QED) is 0.527. The Hall–Kier alpha value is -1.16. The van der Waals surface area contributed by atoms with Crippen LogP contribution in [-0.2, 0) is 0 Å². The third kappa shape index (κ3) is 2.80. The minimum absolute atomic E-state index is 0.736. The number of thiazole rings is 1. The molecular weight excluding hydrogens is 354 g/mol. The molecule has 0 radical (unpaired) electrons. The van der Waals surface area contributed by atoms with Gasteiger partial charge in [0, 0.05) is 25.5 Å². The SMILES string of the molecule is Cc1sc(-c2cccc(Cl)c2)nc1-c1cccc(Br)c1. The topological polar surface area (TPSA) is 12.9 Å². The van der Waals surface area contributed by atoms with Gasteiger partial charge in [-0.3, -0.25) is 0 Å². The van der Waals surface area contributed by atoms with Gasteiger partial charge < -0.3 is 0 Å². The second kappa shape index (κ2) is 5.68. The molecule has 0 aliphatic carbocycles. The van der Waals surface area contributed by atoms with Crippen molar-refractivity contribution in [1.82, 2.24) is 4.98 Å². The molecular formula is C16H11BrClNS. The standard InChI is InChI=1S/C16H11BrClNS/c1-10-15(11-4-2-6-13(17)8-11)19-16(20-10)12-5-3-7-14(18)9-12/h2-9H,1H3. The number of hydrogen-bond donors (Lipinski definition) is 0. The first-order valence-corrected chi connectivity index (χ1v) is 8.11. The number of benzene rings is 2. The Bertz CT molecular complexity index is 767. The van der Waals surface area contributed by atoms with E-state index in [0.717, 1.165) is 31.3 Å². The van der Waals surface area contributed by atoms with E-state index < -0.39 is 0 Å². The minimum atomic E-state index is 0.736. The molecule has 1 heterocycles. The molecule has 0 spiro atoms. The first-order chi connectivity index (χ1) is 9.63. The third-order valence-electron chi connectivity index (χ3n) is 2.97. The van der Waals surface area contributed by atoms with E-state index in [-0.39, 0.29) is 0 Å². The highest BCUT2D eigenvalue weighted by Gasteiger charge is 2.11. The summed E-state index contributed by atoms with van der Waals surface area (Å²) in [7, 11) is 0. The van der Waals surface area contributed by atoms with Gasteiger partial charge in [-0.05, 0) is 31.2 Å². The number of aromatic nitrogens is 1. The number of rotatable bonds is 2. The molecule has 0 saturated carbocycles. The van der Waals surface area contributed by atoms with Crippen molar-refractivity contribution in [1.29, 1.82) is 0 Å². The van der Waals surface area contributed by atoms with Crippen LogP contribution in [0.15, 0.2) is 53.0 Å². The van der Waals surface area contributed by atoms with Gasteiger partial charge in [-0.25, -0.2) is 4.98 Å². The summed E-state index contributed by atoms with van der Waals surface area (Å²) in [6.45, 7) is 2.10. The van der Waals surface area contributed by atoms with Crippen molar-refractivity contribution in [3.63, 3.8) is 0 Å². The van der Waals surface area contributed by atoms with Crippen molar-refractivity contribution in [2.24, 2.45) is 0 Å². The van der Waals surface area contributed by atoms with E-state index in [1.54, 1.807) is 11.3 Å². The fourth-order valence-electron chi connectivity index (χ4n) is 2.05.